The first-order valence-corrected chi connectivity index (χ1v) is 6.70. The number of hydrogen-bond acceptors (Lipinski definition) is 4. The van der Waals surface area contributed by atoms with E-state index in [2.05, 4.69) is 0 Å². The van der Waals surface area contributed by atoms with Gasteiger partial charge in [0.05, 0.1) is 0 Å². The van der Waals surface area contributed by atoms with E-state index in [-0.39, 0.29) is 4.21 Å². The van der Waals surface area contributed by atoms with Gasteiger partial charge in [-0.2, -0.15) is 0 Å². The van der Waals surface area contributed by atoms with Gasteiger partial charge >= 0.3 is 0 Å². The van der Waals surface area contributed by atoms with Crippen LogP contribution >= 0.6 is 22.0 Å². The lowest BCUT2D eigenvalue weighted by molar-refractivity contribution is 0.406. The minimum absolute atomic E-state index is 0.214. The summed E-state index contributed by atoms with van der Waals surface area (Å²) in [6.45, 7) is 0.733. The summed E-state index contributed by atoms with van der Waals surface area (Å²) in [5.41, 5.74) is 0. The van der Waals surface area contributed by atoms with E-state index in [0.29, 0.717) is 0 Å². The molecule has 1 aromatic rings. The van der Waals surface area contributed by atoms with E-state index in [9.17, 15) is 8.42 Å². The van der Waals surface area contributed by atoms with Gasteiger partial charge in [0, 0.05) is 22.1 Å². The summed E-state index contributed by atoms with van der Waals surface area (Å²) in [5.74, 6) is 0. The Labute approximate surface area is 86.4 Å². The molecule has 0 bridgehead atoms. The second-order valence-electron chi connectivity index (χ2n) is 2.90. The van der Waals surface area contributed by atoms with Crippen molar-refractivity contribution in [2.75, 3.05) is 14.1 Å². The van der Waals surface area contributed by atoms with Crippen molar-refractivity contribution in [3.63, 3.8) is 0 Å². The fourth-order valence-electron chi connectivity index (χ4n) is 0.886. The van der Waals surface area contributed by atoms with Gasteiger partial charge in [-0.25, -0.2) is 8.42 Å². The molecular formula is C7H10ClNO2S2. The highest BCUT2D eigenvalue weighted by Gasteiger charge is 2.12. The summed E-state index contributed by atoms with van der Waals surface area (Å²) >= 11 is 1.21. The van der Waals surface area contributed by atoms with Crippen LogP contribution in [0.3, 0.4) is 0 Å². The molecule has 0 unspecified atom stereocenters. The van der Waals surface area contributed by atoms with Gasteiger partial charge in [0.1, 0.15) is 4.21 Å². The Kier molecular flexibility index (Phi) is 3.34. The highest BCUT2D eigenvalue weighted by Crippen LogP contribution is 2.25. The Morgan fingerprint density at radius 3 is 2.46 bits per heavy atom. The summed E-state index contributed by atoms with van der Waals surface area (Å²) < 4.78 is 22.0. The minimum atomic E-state index is -3.55. The molecule has 74 valence electrons. The molecule has 1 heterocycles. The van der Waals surface area contributed by atoms with Crippen molar-refractivity contribution in [2.24, 2.45) is 0 Å². The van der Waals surface area contributed by atoms with Gasteiger partial charge in [-0.3, -0.25) is 0 Å². The lowest BCUT2D eigenvalue weighted by atomic mass is 10.4. The van der Waals surface area contributed by atoms with Crippen molar-refractivity contribution in [3.8, 4) is 0 Å². The van der Waals surface area contributed by atoms with Crippen molar-refractivity contribution in [3.05, 3.63) is 17.0 Å². The van der Waals surface area contributed by atoms with Gasteiger partial charge in [-0.15, -0.1) is 11.3 Å². The third kappa shape index (κ3) is 3.27. The molecule has 1 aromatic heterocycles. The van der Waals surface area contributed by atoms with Gasteiger partial charge in [-0.05, 0) is 26.2 Å². The Morgan fingerprint density at radius 1 is 1.46 bits per heavy atom. The SMILES string of the molecule is CN(C)Cc1ccc(S(=O)(=O)Cl)s1. The number of rotatable bonds is 3. The molecule has 3 nitrogen and oxygen atoms in total. The molecule has 1 rings (SSSR count). The fourth-order valence-corrected chi connectivity index (χ4v) is 3.13. The number of nitrogens with zero attached hydrogens (tertiary/aromatic N) is 1. The molecule has 0 saturated heterocycles. The maximum atomic E-state index is 10.9. The van der Waals surface area contributed by atoms with Crippen LogP contribution in [0.15, 0.2) is 16.3 Å². The second-order valence-corrected chi connectivity index (χ2v) is 6.86. The lowest BCUT2D eigenvalue weighted by Gasteiger charge is -2.05. The monoisotopic (exact) mass is 239 g/mol. The van der Waals surface area contributed by atoms with Crippen LogP contribution in [0.2, 0.25) is 0 Å². The smallest absolute Gasteiger partial charge is 0.270 e. The van der Waals surface area contributed by atoms with E-state index in [0.717, 1.165) is 11.4 Å². The topological polar surface area (TPSA) is 37.4 Å². The normalized spacial score (nSPS) is 12.3. The zero-order chi connectivity index (χ0) is 10.1. The Hall–Kier alpha value is -0.100. The van der Waals surface area contributed by atoms with Crippen molar-refractivity contribution >= 4 is 31.1 Å². The van der Waals surface area contributed by atoms with E-state index >= 15 is 0 Å². The van der Waals surface area contributed by atoms with Crippen LogP contribution in [-0.2, 0) is 15.6 Å². The Balaban J connectivity index is 2.88. The molecule has 0 amide bonds. The molecule has 0 N–H and O–H groups in total. The first-order valence-electron chi connectivity index (χ1n) is 3.57. The zero-order valence-electron chi connectivity index (χ0n) is 7.32. The largest absolute Gasteiger partial charge is 0.304 e. The maximum Gasteiger partial charge on any atom is 0.270 e. The quantitative estimate of drug-likeness (QED) is 0.754. The molecule has 0 fully saturated rings. The highest BCUT2D eigenvalue weighted by molar-refractivity contribution is 8.15. The average molecular weight is 240 g/mol. The van der Waals surface area contributed by atoms with Gasteiger partial charge in [0.25, 0.3) is 9.05 Å². The second kappa shape index (κ2) is 3.96. The van der Waals surface area contributed by atoms with Crippen molar-refractivity contribution in [2.45, 2.75) is 10.8 Å². The van der Waals surface area contributed by atoms with Crippen molar-refractivity contribution in [1.82, 2.24) is 4.90 Å². The van der Waals surface area contributed by atoms with Crippen LogP contribution in [0.1, 0.15) is 4.88 Å². The van der Waals surface area contributed by atoms with E-state index < -0.39 is 9.05 Å². The van der Waals surface area contributed by atoms with E-state index in [1.807, 2.05) is 19.0 Å². The van der Waals surface area contributed by atoms with Gasteiger partial charge < -0.3 is 4.90 Å². The van der Waals surface area contributed by atoms with Crippen LogP contribution in [0.25, 0.3) is 0 Å². The molecule has 0 aliphatic carbocycles. The first kappa shape index (κ1) is 11.0. The molecule has 0 saturated carbocycles. The summed E-state index contributed by atoms with van der Waals surface area (Å²) in [6, 6.07) is 3.31. The molecule has 0 aliphatic heterocycles. The Bertz CT molecular complexity index is 383. The molecule has 6 heteroatoms. The van der Waals surface area contributed by atoms with E-state index in [4.69, 9.17) is 10.7 Å². The zero-order valence-corrected chi connectivity index (χ0v) is 9.71. The predicted octanol–water partition coefficient (Wildman–Crippen LogP) is 1.74. The number of thiophene rings is 1. The van der Waals surface area contributed by atoms with Crippen LogP contribution in [-0.4, -0.2) is 27.4 Å². The van der Waals surface area contributed by atoms with Gasteiger partial charge in [0.2, 0.25) is 0 Å². The van der Waals surface area contributed by atoms with Crippen LogP contribution in [0.4, 0.5) is 0 Å². The van der Waals surface area contributed by atoms with E-state index in [1.54, 1.807) is 6.07 Å². The molecule has 0 radical (unpaired) electrons. The average Bonchev–Trinajstić information content (AvgIpc) is 2.32. The summed E-state index contributed by atoms with van der Waals surface area (Å²) in [4.78, 5) is 2.96. The number of halogens is 1. The molecule has 13 heavy (non-hydrogen) atoms. The molecule has 0 aliphatic rings. The summed E-state index contributed by atoms with van der Waals surface area (Å²) in [7, 11) is 5.48. The molecular weight excluding hydrogens is 230 g/mol. The summed E-state index contributed by atoms with van der Waals surface area (Å²) in [6.07, 6.45) is 0. The minimum Gasteiger partial charge on any atom is -0.304 e. The van der Waals surface area contributed by atoms with Crippen molar-refractivity contribution < 1.29 is 8.42 Å². The highest BCUT2D eigenvalue weighted by atomic mass is 35.7. The molecule has 0 spiro atoms. The molecule has 0 atom stereocenters. The third-order valence-electron chi connectivity index (χ3n) is 1.35. The van der Waals surface area contributed by atoms with Crippen molar-refractivity contribution in [1.29, 1.82) is 0 Å². The predicted molar refractivity (Wildman–Crippen MR) is 54.7 cm³/mol. The first-order chi connectivity index (χ1) is 5.89. The van der Waals surface area contributed by atoms with Crippen LogP contribution in [0.5, 0.6) is 0 Å². The van der Waals surface area contributed by atoms with Crippen LogP contribution in [0, 0.1) is 0 Å². The fraction of sp³-hybridized carbons (Fsp3) is 0.429. The number of hydrogen-bond donors (Lipinski definition) is 0. The van der Waals surface area contributed by atoms with Crippen LogP contribution < -0.4 is 0 Å². The van der Waals surface area contributed by atoms with Gasteiger partial charge in [-0.1, -0.05) is 0 Å². The summed E-state index contributed by atoms with van der Waals surface area (Å²) in [5, 5.41) is 0. The maximum absolute atomic E-state index is 10.9. The van der Waals surface area contributed by atoms with E-state index in [1.165, 1.54) is 17.4 Å². The molecule has 0 aromatic carbocycles. The lowest BCUT2D eigenvalue weighted by Crippen LogP contribution is -2.09. The standard InChI is InChI=1S/C7H10ClNO2S2/c1-9(2)5-6-3-4-7(12-6)13(8,10)11/h3-4H,5H2,1-2H3. The Morgan fingerprint density at radius 2 is 2.08 bits per heavy atom. The third-order valence-corrected chi connectivity index (χ3v) is 4.51. The van der Waals surface area contributed by atoms with Gasteiger partial charge in [0.15, 0.2) is 0 Å².